The maximum absolute atomic E-state index is 10.4. The van der Waals surface area contributed by atoms with Crippen LogP contribution >= 0.6 is 0 Å². The van der Waals surface area contributed by atoms with E-state index in [9.17, 15) is 4.79 Å². The third kappa shape index (κ3) is 5.11. The van der Waals surface area contributed by atoms with Gasteiger partial charge in [0.2, 0.25) is 5.91 Å². The van der Waals surface area contributed by atoms with Crippen molar-refractivity contribution >= 4 is 5.91 Å². The quantitative estimate of drug-likeness (QED) is 0.606. The van der Waals surface area contributed by atoms with Gasteiger partial charge in [-0.3, -0.25) is 9.63 Å². The van der Waals surface area contributed by atoms with E-state index in [-0.39, 0.29) is 6.61 Å². The van der Waals surface area contributed by atoms with Crippen LogP contribution in [0.1, 0.15) is 26.2 Å². The van der Waals surface area contributed by atoms with E-state index < -0.39 is 5.91 Å². The van der Waals surface area contributed by atoms with Crippen LogP contribution in [-0.4, -0.2) is 43.1 Å². The van der Waals surface area contributed by atoms with Gasteiger partial charge in [-0.15, -0.1) is 0 Å². The van der Waals surface area contributed by atoms with E-state index in [0.717, 1.165) is 25.9 Å². The fraction of sp³-hybridized carbons (Fsp3) is 0.900. The van der Waals surface area contributed by atoms with E-state index in [4.69, 9.17) is 10.6 Å². The molecule has 0 atom stereocenters. The van der Waals surface area contributed by atoms with Gasteiger partial charge < -0.3 is 10.6 Å². The minimum Gasteiger partial charge on any atom is -0.368 e. The number of carbonyl (C=O) groups excluding carboxylic acids is 1. The predicted molar refractivity (Wildman–Crippen MR) is 58.0 cm³/mol. The summed E-state index contributed by atoms with van der Waals surface area (Å²) in [6.07, 6.45) is 3.34. The van der Waals surface area contributed by atoms with Crippen LogP contribution in [0.3, 0.4) is 0 Å². The van der Waals surface area contributed by atoms with Crippen LogP contribution in [0.25, 0.3) is 0 Å². The summed E-state index contributed by atoms with van der Waals surface area (Å²) in [5.41, 5.74) is 7.85. The first-order chi connectivity index (χ1) is 7.22. The standard InChI is InChI=1S/C10H21N3O2/c1-2-5-13-6-3-9(4-7-13)12-15-8-10(11)14/h9,12H,2-8H2,1H3,(H2,11,14). The number of hydrogen-bond acceptors (Lipinski definition) is 4. The van der Waals surface area contributed by atoms with E-state index in [0.29, 0.717) is 6.04 Å². The first-order valence-electron chi connectivity index (χ1n) is 5.60. The van der Waals surface area contributed by atoms with E-state index in [1.54, 1.807) is 0 Å². The third-order valence-electron chi connectivity index (χ3n) is 2.59. The van der Waals surface area contributed by atoms with Gasteiger partial charge in [0.25, 0.3) is 0 Å². The van der Waals surface area contributed by atoms with Gasteiger partial charge in [-0.25, -0.2) is 0 Å². The summed E-state index contributed by atoms with van der Waals surface area (Å²) in [5.74, 6) is -0.439. The molecule has 0 unspecified atom stereocenters. The molecule has 1 heterocycles. The van der Waals surface area contributed by atoms with Crippen molar-refractivity contribution in [1.29, 1.82) is 0 Å². The van der Waals surface area contributed by atoms with Gasteiger partial charge in [0.05, 0.1) is 0 Å². The van der Waals surface area contributed by atoms with Crippen LogP contribution in [0, 0.1) is 0 Å². The second kappa shape index (κ2) is 6.76. The first kappa shape index (κ1) is 12.4. The number of rotatable bonds is 6. The Labute approximate surface area is 90.9 Å². The Balaban J connectivity index is 2.06. The molecule has 15 heavy (non-hydrogen) atoms. The molecule has 0 aliphatic carbocycles. The highest BCUT2D eigenvalue weighted by Crippen LogP contribution is 2.10. The maximum Gasteiger partial charge on any atom is 0.245 e. The van der Waals surface area contributed by atoms with Crippen LogP contribution in [-0.2, 0) is 9.63 Å². The number of piperidine rings is 1. The van der Waals surface area contributed by atoms with Crippen molar-refractivity contribution in [3.63, 3.8) is 0 Å². The zero-order valence-electron chi connectivity index (χ0n) is 9.37. The summed E-state index contributed by atoms with van der Waals surface area (Å²) >= 11 is 0. The number of nitrogens with zero attached hydrogens (tertiary/aromatic N) is 1. The number of nitrogens with two attached hydrogens (primary N) is 1. The number of hydrogen-bond donors (Lipinski definition) is 2. The molecule has 0 radical (unpaired) electrons. The summed E-state index contributed by atoms with van der Waals surface area (Å²) in [5, 5.41) is 0. The molecule has 0 aromatic rings. The molecule has 3 N–H and O–H groups in total. The molecule has 1 aliphatic rings. The zero-order valence-corrected chi connectivity index (χ0v) is 9.37. The monoisotopic (exact) mass is 215 g/mol. The van der Waals surface area contributed by atoms with E-state index in [1.165, 1.54) is 13.0 Å². The SMILES string of the molecule is CCCN1CCC(NOCC(N)=O)CC1. The largest absolute Gasteiger partial charge is 0.368 e. The Hall–Kier alpha value is -0.650. The second-order valence-corrected chi connectivity index (χ2v) is 3.99. The fourth-order valence-electron chi connectivity index (χ4n) is 1.82. The topological polar surface area (TPSA) is 67.6 Å². The second-order valence-electron chi connectivity index (χ2n) is 3.99. The lowest BCUT2D eigenvalue weighted by atomic mass is 10.1. The fourth-order valence-corrected chi connectivity index (χ4v) is 1.82. The van der Waals surface area contributed by atoms with Gasteiger partial charge in [-0.05, 0) is 38.9 Å². The molecular weight excluding hydrogens is 194 g/mol. The molecule has 0 aromatic carbocycles. The Morgan fingerprint density at radius 3 is 2.73 bits per heavy atom. The van der Waals surface area contributed by atoms with Crippen LogP contribution in [0.15, 0.2) is 0 Å². The Morgan fingerprint density at radius 1 is 1.53 bits per heavy atom. The van der Waals surface area contributed by atoms with E-state index in [1.807, 2.05) is 0 Å². The van der Waals surface area contributed by atoms with Gasteiger partial charge in [0, 0.05) is 6.04 Å². The summed E-state index contributed by atoms with van der Waals surface area (Å²) in [6, 6.07) is 0.359. The molecule has 1 saturated heterocycles. The molecule has 1 aliphatic heterocycles. The molecular formula is C10H21N3O2. The molecule has 0 saturated carbocycles. The van der Waals surface area contributed by atoms with E-state index in [2.05, 4.69) is 17.3 Å². The van der Waals surface area contributed by atoms with Crippen molar-refractivity contribution in [2.24, 2.45) is 5.73 Å². The highest BCUT2D eigenvalue weighted by molar-refractivity contribution is 5.74. The van der Waals surface area contributed by atoms with Crippen molar-refractivity contribution in [1.82, 2.24) is 10.4 Å². The first-order valence-corrected chi connectivity index (χ1v) is 5.60. The van der Waals surface area contributed by atoms with Crippen molar-refractivity contribution in [3.8, 4) is 0 Å². The molecule has 0 bridgehead atoms. The predicted octanol–water partition coefficient (Wildman–Crippen LogP) is -0.133. The summed E-state index contributed by atoms with van der Waals surface area (Å²) in [4.78, 5) is 17.9. The molecule has 88 valence electrons. The number of nitrogens with one attached hydrogen (secondary N) is 1. The smallest absolute Gasteiger partial charge is 0.245 e. The lowest BCUT2D eigenvalue weighted by molar-refractivity contribution is -0.126. The number of primary amides is 1. The molecule has 0 aromatic heterocycles. The number of carbonyl (C=O) groups is 1. The third-order valence-corrected chi connectivity index (χ3v) is 2.59. The number of hydroxylamine groups is 1. The van der Waals surface area contributed by atoms with Gasteiger partial charge >= 0.3 is 0 Å². The van der Waals surface area contributed by atoms with E-state index >= 15 is 0 Å². The highest BCUT2D eigenvalue weighted by atomic mass is 16.6. The van der Waals surface area contributed by atoms with Crippen molar-refractivity contribution in [2.75, 3.05) is 26.2 Å². The lowest BCUT2D eigenvalue weighted by Gasteiger charge is -2.31. The van der Waals surface area contributed by atoms with Crippen LogP contribution < -0.4 is 11.2 Å². The van der Waals surface area contributed by atoms with Gasteiger partial charge in [-0.1, -0.05) is 6.92 Å². The molecule has 0 spiro atoms. The minimum absolute atomic E-state index is 0.0465. The summed E-state index contributed by atoms with van der Waals surface area (Å²) < 4.78 is 0. The zero-order chi connectivity index (χ0) is 11.1. The Bertz CT molecular complexity index is 191. The highest BCUT2D eigenvalue weighted by Gasteiger charge is 2.18. The molecule has 1 fully saturated rings. The molecule has 1 amide bonds. The minimum atomic E-state index is -0.439. The van der Waals surface area contributed by atoms with Crippen LogP contribution in [0.5, 0.6) is 0 Å². The van der Waals surface area contributed by atoms with Gasteiger partial charge in [0.1, 0.15) is 6.61 Å². The van der Waals surface area contributed by atoms with Crippen molar-refractivity contribution < 1.29 is 9.63 Å². The maximum atomic E-state index is 10.4. The normalized spacial score (nSPS) is 19.3. The van der Waals surface area contributed by atoms with Crippen molar-refractivity contribution in [3.05, 3.63) is 0 Å². The number of amides is 1. The van der Waals surface area contributed by atoms with Crippen LogP contribution in [0.4, 0.5) is 0 Å². The van der Waals surface area contributed by atoms with Gasteiger partial charge in [-0.2, -0.15) is 5.48 Å². The molecule has 1 rings (SSSR count). The van der Waals surface area contributed by atoms with Gasteiger partial charge in [0.15, 0.2) is 0 Å². The van der Waals surface area contributed by atoms with Crippen molar-refractivity contribution in [2.45, 2.75) is 32.2 Å². The molecule has 5 nitrogen and oxygen atoms in total. The summed E-state index contributed by atoms with van der Waals surface area (Å²) in [7, 11) is 0. The average Bonchev–Trinajstić information content (AvgIpc) is 2.20. The molecule has 5 heteroatoms. The number of likely N-dealkylation sites (tertiary alicyclic amines) is 1. The lowest BCUT2D eigenvalue weighted by Crippen LogP contribution is -2.43. The summed E-state index contributed by atoms with van der Waals surface area (Å²) in [6.45, 7) is 5.53. The Morgan fingerprint density at radius 2 is 2.20 bits per heavy atom. The van der Waals surface area contributed by atoms with Crippen LogP contribution in [0.2, 0.25) is 0 Å². The average molecular weight is 215 g/mol. The Kier molecular flexibility index (Phi) is 5.60.